The molecule has 0 amide bonds. The number of nitrogens with one attached hydrogen (secondary N) is 2. The minimum atomic E-state index is -3.23. The number of imidazole rings is 1. The summed E-state index contributed by atoms with van der Waals surface area (Å²) < 4.78 is 39.5. The largest absolute Gasteiger partial charge is 0.331 e. The van der Waals surface area contributed by atoms with Crippen LogP contribution in [0, 0.1) is 10.6 Å². The number of rotatable bonds is 4. The zero-order valence-electron chi connectivity index (χ0n) is 9.60. The van der Waals surface area contributed by atoms with Crippen LogP contribution in [-0.2, 0) is 16.6 Å². The van der Waals surface area contributed by atoms with Crippen LogP contribution in [-0.4, -0.2) is 30.8 Å². The Bertz CT molecular complexity index is 733. The fraction of sp³-hybridized carbons (Fsp3) is 0.300. The molecule has 2 rings (SSSR count). The van der Waals surface area contributed by atoms with Crippen LogP contribution in [0.2, 0.25) is 0 Å². The smallest absolute Gasteiger partial charge is 0.208 e. The number of halogens is 1. The molecule has 0 aliphatic rings. The molecular weight excluding hydrogens is 277 g/mol. The van der Waals surface area contributed by atoms with Gasteiger partial charge in [-0.1, -0.05) is 0 Å². The van der Waals surface area contributed by atoms with Gasteiger partial charge in [-0.15, -0.1) is 0 Å². The van der Waals surface area contributed by atoms with E-state index in [1.54, 1.807) is 10.6 Å². The number of aromatic nitrogens is 2. The van der Waals surface area contributed by atoms with E-state index in [1.807, 2.05) is 0 Å². The molecule has 98 valence electrons. The summed E-state index contributed by atoms with van der Waals surface area (Å²) in [6.07, 6.45) is 1.08. The zero-order chi connectivity index (χ0) is 13.3. The molecule has 2 N–H and O–H groups in total. The normalized spacial score (nSPS) is 12.1. The number of hydrogen-bond acceptors (Lipinski definition) is 3. The highest BCUT2D eigenvalue weighted by Gasteiger charge is 2.06. The van der Waals surface area contributed by atoms with Gasteiger partial charge in [-0.2, -0.15) is 0 Å². The summed E-state index contributed by atoms with van der Waals surface area (Å²) in [4.78, 5) is 2.94. The van der Waals surface area contributed by atoms with E-state index in [-0.39, 0.29) is 12.4 Å². The van der Waals surface area contributed by atoms with Gasteiger partial charge in [-0.25, -0.2) is 17.5 Å². The van der Waals surface area contributed by atoms with Gasteiger partial charge in [0.25, 0.3) is 0 Å². The second kappa shape index (κ2) is 4.79. The molecule has 0 unspecified atom stereocenters. The van der Waals surface area contributed by atoms with E-state index in [2.05, 4.69) is 9.71 Å². The molecule has 1 heterocycles. The lowest BCUT2D eigenvalue weighted by atomic mass is 10.3. The zero-order valence-corrected chi connectivity index (χ0v) is 11.2. The molecule has 0 fully saturated rings. The van der Waals surface area contributed by atoms with Gasteiger partial charge >= 0.3 is 0 Å². The van der Waals surface area contributed by atoms with Crippen molar-refractivity contribution in [2.45, 2.75) is 6.54 Å². The quantitative estimate of drug-likeness (QED) is 0.836. The first kappa shape index (κ1) is 13.2. The van der Waals surface area contributed by atoms with Crippen molar-refractivity contribution in [3.8, 4) is 0 Å². The second-order valence-electron chi connectivity index (χ2n) is 3.91. The second-order valence-corrected chi connectivity index (χ2v) is 6.13. The summed E-state index contributed by atoms with van der Waals surface area (Å²) in [5, 5.41) is 0. The van der Waals surface area contributed by atoms with E-state index in [9.17, 15) is 12.8 Å². The van der Waals surface area contributed by atoms with Gasteiger partial charge in [0.15, 0.2) is 4.77 Å². The van der Waals surface area contributed by atoms with Crippen molar-refractivity contribution in [1.29, 1.82) is 0 Å². The van der Waals surface area contributed by atoms with Crippen LogP contribution in [0.5, 0.6) is 0 Å². The molecule has 0 saturated heterocycles. The highest BCUT2D eigenvalue weighted by atomic mass is 32.2. The predicted octanol–water partition coefficient (Wildman–Crippen LogP) is 1.39. The van der Waals surface area contributed by atoms with Crippen LogP contribution in [0.4, 0.5) is 4.39 Å². The third-order valence-corrected chi connectivity index (χ3v) is 3.49. The number of fused-ring (bicyclic) bond motifs is 1. The monoisotopic (exact) mass is 289 g/mol. The summed E-state index contributed by atoms with van der Waals surface area (Å²) >= 11 is 5.11. The van der Waals surface area contributed by atoms with Crippen molar-refractivity contribution >= 4 is 33.3 Å². The molecule has 0 aliphatic carbocycles. The predicted molar refractivity (Wildman–Crippen MR) is 69.9 cm³/mol. The van der Waals surface area contributed by atoms with Gasteiger partial charge in [0.2, 0.25) is 10.0 Å². The van der Waals surface area contributed by atoms with E-state index < -0.39 is 10.0 Å². The topological polar surface area (TPSA) is 66.9 Å². The van der Waals surface area contributed by atoms with Crippen LogP contribution in [0.3, 0.4) is 0 Å². The Balaban J connectivity index is 2.30. The number of benzene rings is 1. The Morgan fingerprint density at radius 2 is 2.22 bits per heavy atom. The van der Waals surface area contributed by atoms with Crippen molar-refractivity contribution in [3.63, 3.8) is 0 Å². The minimum absolute atomic E-state index is 0.205. The van der Waals surface area contributed by atoms with Crippen LogP contribution in [0.25, 0.3) is 11.0 Å². The highest BCUT2D eigenvalue weighted by molar-refractivity contribution is 7.88. The van der Waals surface area contributed by atoms with E-state index in [0.29, 0.717) is 16.8 Å². The number of nitrogens with zero attached hydrogens (tertiary/aromatic N) is 1. The average molecular weight is 289 g/mol. The standard InChI is InChI=1S/C10H12FN3O2S2/c1-18(15,16)12-4-5-14-9-6-7(11)2-3-8(9)13-10(14)17/h2-3,6,12H,4-5H2,1H3,(H,13,17). The minimum Gasteiger partial charge on any atom is -0.331 e. The van der Waals surface area contributed by atoms with Gasteiger partial charge in [-0.3, -0.25) is 0 Å². The van der Waals surface area contributed by atoms with Gasteiger partial charge in [-0.05, 0) is 30.4 Å². The fourth-order valence-corrected chi connectivity index (χ4v) is 2.45. The van der Waals surface area contributed by atoms with E-state index in [1.165, 1.54) is 12.1 Å². The van der Waals surface area contributed by atoms with E-state index in [0.717, 1.165) is 11.8 Å². The maximum absolute atomic E-state index is 13.2. The Hall–Kier alpha value is -1.25. The maximum atomic E-state index is 13.2. The molecule has 0 radical (unpaired) electrons. The lowest BCUT2D eigenvalue weighted by Crippen LogP contribution is -2.26. The lowest BCUT2D eigenvalue weighted by Gasteiger charge is -2.05. The first-order chi connectivity index (χ1) is 8.37. The summed E-state index contributed by atoms with van der Waals surface area (Å²) in [7, 11) is -3.23. The van der Waals surface area contributed by atoms with Gasteiger partial charge < -0.3 is 9.55 Å². The highest BCUT2D eigenvalue weighted by Crippen LogP contribution is 2.15. The van der Waals surface area contributed by atoms with Crippen LogP contribution >= 0.6 is 12.2 Å². The van der Waals surface area contributed by atoms with Gasteiger partial charge in [0.05, 0.1) is 17.3 Å². The summed E-state index contributed by atoms with van der Waals surface area (Å²) in [5.74, 6) is -0.360. The molecule has 18 heavy (non-hydrogen) atoms. The summed E-state index contributed by atoms with van der Waals surface area (Å²) in [6.45, 7) is 0.548. The molecule has 0 saturated carbocycles. The molecule has 8 heteroatoms. The maximum Gasteiger partial charge on any atom is 0.208 e. The van der Waals surface area contributed by atoms with Gasteiger partial charge in [0.1, 0.15) is 5.82 Å². The lowest BCUT2D eigenvalue weighted by molar-refractivity contribution is 0.579. The van der Waals surface area contributed by atoms with Crippen molar-refractivity contribution in [2.75, 3.05) is 12.8 Å². The fourth-order valence-electron chi connectivity index (χ4n) is 1.69. The average Bonchev–Trinajstić information content (AvgIpc) is 2.54. The molecule has 0 aliphatic heterocycles. The van der Waals surface area contributed by atoms with Crippen molar-refractivity contribution in [3.05, 3.63) is 28.8 Å². The van der Waals surface area contributed by atoms with Crippen LogP contribution < -0.4 is 4.72 Å². The summed E-state index contributed by atoms with van der Waals surface area (Å²) in [5.41, 5.74) is 1.34. The Morgan fingerprint density at radius 1 is 1.50 bits per heavy atom. The van der Waals surface area contributed by atoms with Crippen molar-refractivity contribution in [2.24, 2.45) is 0 Å². The molecule has 1 aromatic carbocycles. The molecule has 5 nitrogen and oxygen atoms in total. The Morgan fingerprint density at radius 3 is 2.89 bits per heavy atom. The SMILES string of the molecule is CS(=O)(=O)NCCn1c(=S)[nH]c2ccc(F)cc21. The first-order valence-corrected chi connectivity index (χ1v) is 7.49. The van der Waals surface area contributed by atoms with E-state index in [4.69, 9.17) is 12.2 Å². The number of hydrogen-bond donors (Lipinski definition) is 2. The molecule has 0 spiro atoms. The third-order valence-electron chi connectivity index (χ3n) is 2.44. The van der Waals surface area contributed by atoms with Crippen molar-refractivity contribution < 1.29 is 12.8 Å². The van der Waals surface area contributed by atoms with Gasteiger partial charge in [0, 0.05) is 13.1 Å². The van der Waals surface area contributed by atoms with Crippen LogP contribution in [0.15, 0.2) is 18.2 Å². The molecule has 2 aromatic rings. The number of sulfonamides is 1. The molecule has 1 aromatic heterocycles. The molecule has 0 bridgehead atoms. The van der Waals surface area contributed by atoms with Crippen molar-refractivity contribution in [1.82, 2.24) is 14.3 Å². The van der Waals surface area contributed by atoms with E-state index >= 15 is 0 Å². The Kier molecular flexibility index (Phi) is 3.51. The third kappa shape index (κ3) is 2.95. The number of H-pyrrole nitrogens is 1. The Labute approximate surface area is 109 Å². The first-order valence-electron chi connectivity index (χ1n) is 5.19. The number of aromatic amines is 1. The molecular formula is C10H12FN3O2S2. The summed E-state index contributed by atoms with van der Waals surface area (Å²) in [6, 6.07) is 4.30. The molecule has 0 atom stereocenters. The van der Waals surface area contributed by atoms with Crippen LogP contribution in [0.1, 0.15) is 0 Å².